The number of halogens is 1. The van der Waals surface area contributed by atoms with Gasteiger partial charge < -0.3 is 15.7 Å². The SMILES string of the molecule is CC1CC(C)N(c2c(Cl)cc(N)cc2C(=O)O)C1. The molecule has 1 saturated heterocycles. The van der Waals surface area contributed by atoms with E-state index < -0.39 is 5.97 Å². The monoisotopic (exact) mass is 268 g/mol. The molecule has 5 heteroatoms. The number of benzene rings is 1. The molecule has 18 heavy (non-hydrogen) atoms. The summed E-state index contributed by atoms with van der Waals surface area (Å²) in [6.07, 6.45) is 1.04. The Labute approximate surface area is 111 Å². The number of nitrogens with zero attached hydrogens (tertiary/aromatic N) is 1. The van der Waals surface area contributed by atoms with Gasteiger partial charge in [0.1, 0.15) is 0 Å². The minimum atomic E-state index is -0.994. The van der Waals surface area contributed by atoms with Crippen LogP contribution in [0.2, 0.25) is 5.02 Å². The summed E-state index contributed by atoms with van der Waals surface area (Å²) >= 11 is 6.19. The first-order chi connectivity index (χ1) is 8.40. The lowest BCUT2D eigenvalue weighted by Crippen LogP contribution is -2.28. The van der Waals surface area contributed by atoms with Crippen molar-refractivity contribution in [3.8, 4) is 0 Å². The van der Waals surface area contributed by atoms with Gasteiger partial charge in [0.05, 0.1) is 16.3 Å². The summed E-state index contributed by atoms with van der Waals surface area (Å²) in [5.41, 5.74) is 6.81. The average Bonchev–Trinajstić information content (AvgIpc) is 2.56. The van der Waals surface area contributed by atoms with Gasteiger partial charge in [-0.25, -0.2) is 4.79 Å². The fourth-order valence-electron chi connectivity index (χ4n) is 2.69. The number of carbonyl (C=O) groups is 1. The Morgan fingerprint density at radius 3 is 2.67 bits per heavy atom. The summed E-state index contributed by atoms with van der Waals surface area (Å²) in [6, 6.07) is 3.37. The Morgan fingerprint density at radius 2 is 2.17 bits per heavy atom. The van der Waals surface area contributed by atoms with Crippen LogP contribution < -0.4 is 10.6 Å². The van der Waals surface area contributed by atoms with Gasteiger partial charge in [0, 0.05) is 18.3 Å². The van der Waals surface area contributed by atoms with Crippen LogP contribution in [0.3, 0.4) is 0 Å². The number of carboxylic acids is 1. The molecule has 2 atom stereocenters. The Morgan fingerprint density at radius 1 is 1.50 bits per heavy atom. The highest BCUT2D eigenvalue weighted by Gasteiger charge is 2.30. The fraction of sp³-hybridized carbons (Fsp3) is 0.462. The molecule has 2 rings (SSSR count). The van der Waals surface area contributed by atoms with Gasteiger partial charge in [-0.05, 0) is 31.4 Å². The number of hydrogen-bond acceptors (Lipinski definition) is 3. The predicted octanol–water partition coefficient (Wildman–Crippen LogP) is 2.86. The number of nitrogens with two attached hydrogens (primary N) is 1. The van der Waals surface area contributed by atoms with E-state index >= 15 is 0 Å². The van der Waals surface area contributed by atoms with E-state index in [1.165, 1.54) is 6.07 Å². The zero-order valence-electron chi connectivity index (χ0n) is 10.5. The molecule has 98 valence electrons. The molecule has 1 aliphatic rings. The molecule has 1 aromatic rings. The van der Waals surface area contributed by atoms with E-state index in [9.17, 15) is 9.90 Å². The lowest BCUT2D eigenvalue weighted by atomic mass is 10.1. The molecular formula is C13H17ClN2O2. The van der Waals surface area contributed by atoms with E-state index in [4.69, 9.17) is 17.3 Å². The van der Waals surface area contributed by atoms with Gasteiger partial charge in [0.25, 0.3) is 0 Å². The summed E-state index contributed by atoms with van der Waals surface area (Å²) in [4.78, 5) is 13.4. The summed E-state index contributed by atoms with van der Waals surface area (Å²) in [5, 5.41) is 9.70. The Bertz CT molecular complexity index is 490. The van der Waals surface area contributed by atoms with Crippen molar-refractivity contribution in [1.82, 2.24) is 0 Å². The molecule has 3 N–H and O–H groups in total. The van der Waals surface area contributed by atoms with Gasteiger partial charge in [-0.1, -0.05) is 18.5 Å². The smallest absolute Gasteiger partial charge is 0.337 e. The van der Waals surface area contributed by atoms with E-state index in [-0.39, 0.29) is 5.56 Å². The normalized spacial score (nSPS) is 23.4. The molecule has 1 aromatic carbocycles. The van der Waals surface area contributed by atoms with E-state index in [2.05, 4.69) is 18.7 Å². The molecule has 1 fully saturated rings. The topological polar surface area (TPSA) is 66.6 Å². The highest BCUT2D eigenvalue weighted by atomic mass is 35.5. The van der Waals surface area contributed by atoms with Crippen LogP contribution in [0.4, 0.5) is 11.4 Å². The molecule has 0 saturated carbocycles. The molecule has 0 amide bonds. The summed E-state index contributed by atoms with van der Waals surface area (Å²) in [5.74, 6) is -0.457. The lowest BCUT2D eigenvalue weighted by molar-refractivity contribution is 0.0697. The maximum Gasteiger partial charge on any atom is 0.337 e. The van der Waals surface area contributed by atoms with Crippen LogP contribution in [0.15, 0.2) is 12.1 Å². The van der Waals surface area contributed by atoms with Crippen molar-refractivity contribution in [3.63, 3.8) is 0 Å². The van der Waals surface area contributed by atoms with Crippen molar-refractivity contribution in [2.75, 3.05) is 17.2 Å². The standard InChI is InChI=1S/C13H17ClN2O2/c1-7-3-8(2)16(6-7)12-10(13(17)18)4-9(15)5-11(12)14/h4-5,7-8H,3,6,15H2,1-2H3,(H,17,18). The van der Waals surface area contributed by atoms with Gasteiger partial charge >= 0.3 is 5.97 Å². The van der Waals surface area contributed by atoms with E-state index in [0.717, 1.165) is 13.0 Å². The molecular weight excluding hydrogens is 252 g/mol. The molecule has 0 aromatic heterocycles. The Balaban J connectivity index is 2.52. The largest absolute Gasteiger partial charge is 0.478 e. The maximum atomic E-state index is 11.3. The highest BCUT2D eigenvalue weighted by Crippen LogP contribution is 2.38. The van der Waals surface area contributed by atoms with Gasteiger partial charge in [0.2, 0.25) is 0 Å². The van der Waals surface area contributed by atoms with E-state index in [1.807, 2.05) is 0 Å². The summed E-state index contributed by atoms with van der Waals surface area (Å²) in [6.45, 7) is 5.06. The van der Waals surface area contributed by atoms with Gasteiger partial charge in [-0.3, -0.25) is 0 Å². The first-order valence-corrected chi connectivity index (χ1v) is 6.37. The van der Waals surface area contributed by atoms with Crippen LogP contribution in [0, 0.1) is 5.92 Å². The first-order valence-electron chi connectivity index (χ1n) is 5.99. The van der Waals surface area contributed by atoms with Gasteiger partial charge in [0.15, 0.2) is 0 Å². The van der Waals surface area contributed by atoms with Crippen LogP contribution >= 0.6 is 11.6 Å². The van der Waals surface area contributed by atoms with Crippen molar-refractivity contribution >= 4 is 28.9 Å². The van der Waals surface area contributed by atoms with E-state index in [0.29, 0.717) is 28.4 Å². The minimum absolute atomic E-state index is 0.181. The third kappa shape index (κ3) is 2.25. The lowest BCUT2D eigenvalue weighted by Gasteiger charge is -2.26. The van der Waals surface area contributed by atoms with Gasteiger partial charge in [-0.15, -0.1) is 0 Å². The van der Waals surface area contributed by atoms with Crippen molar-refractivity contribution in [1.29, 1.82) is 0 Å². The zero-order chi connectivity index (χ0) is 13.4. The third-order valence-corrected chi connectivity index (χ3v) is 3.68. The maximum absolute atomic E-state index is 11.3. The molecule has 2 unspecified atom stereocenters. The second-order valence-electron chi connectivity index (χ2n) is 5.05. The Hall–Kier alpha value is -1.42. The van der Waals surface area contributed by atoms with Crippen molar-refractivity contribution < 1.29 is 9.90 Å². The zero-order valence-corrected chi connectivity index (χ0v) is 11.2. The van der Waals surface area contributed by atoms with Crippen molar-refractivity contribution in [3.05, 3.63) is 22.7 Å². The number of hydrogen-bond donors (Lipinski definition) is 2. The third-order valence-electron chi connectivity index (χ3n) is 3.39. The second-order valence-corrected chi connectivity index (χ2v) is 5.45. The number of aromatic carboxylic acids is 1. The quantitative estimate of drug-likeness (QED) is 0.810. The van der Waals surface area contributed by atoms with Crippen LogP contribution in [-0.4, -0.2) is 23.7 Å². The summed E-state index contributed by atoms with van der Waals surface area (Å²) < 4.78 is 0. The van der Waals surface area contributed by atoms with Gasteiger partial charge in [-0.2, -0.15) is 0 Å². The molecule has 0 spiro atoms. The minimum Gasteiger partial charge on any atom is -0.478 e. The molecule has 0 radical (unpaired) electrons. The molecule has 1 aliphatic heterocycles. The second kappa shape index (κ2) is 4.69. The molecule has 4 nitrogen and oxygen atoms in total. The number of rotatable bonds is 2. The predicted molar refractivity (Wildman–Crippen MR) is 73.4 cm³/mol. The average molecular weight is 269 g/mol. The molecule has 1 heterocycles. The van der Waals surface area contributed by atoms with Crippen LogP contribution in [0.1, 0.15) is 30.6 Å². The van der Waals surface area contributed by atoms with Crippen LogP contribution in [0.25, 0.3) is 0 Å². The number of anilines is 2. The van der Waals surface area contributed by atoms with Crippen molar-refractivity contribution in [2.24, 2.45) is 5.92 Å². The molecule has 0 bridgehead atoms. The van der Waals surface area contributed by atoms with Crippen LogP contribution in [-0.2, 0) is 0 Å². The van der Waals surface area contributed by atoms with E-state index in [1.54, 1.807) is 6.07 Å². The summed E-state index contributed by atoms with van der Waals surface area (Å²) in [7, 11) is 0. The van der Waals surface area contributed by atoms with Crippen molar-refractivity contribution in [2.45, 2.75) is 26.3 Å². The molecule has 0 aliphatic carbocycles. The fourth-order valence-corrected chi connectivity index (χ4v) is 3.02. The Kier molecular flexibility index (Phi) is 3.39. The number of nitrogen functional groups attached to an aromatic ring is 1. The first kappa shape index (κ1) is 13.0. The van der Waals surface area contributed by atoms with Crippen LogP contribution in [0.5, 0.6) is 0 Å². The number of carboxylic acid groups (broad SMARTS) is 1. The highest BCUT2D eigenvalue weighted by molar-refractivity contribution is 6.34.